The van der Waals surface area contributed by atoms with Gasteiger partial charge >= 0.3 is 0 Å². The molecule has 0 amide bonds. The quantitative estimate of drug-likeness (QED) is 0.513. The van der Waals surface area contributed by atoms with Crippen LogP contribution in [0.2, 0.25) is 0 Å². The molecule has 0 heterocycles. The molecule has 0 atom stereocenters. The smallest absolute Gasteiger partial charge is 0.00768 e. The SMILES string of the molecule is CC.CC.Cc1ccc(C)c2c3c(ccc12)CCC=C3. The first-order valence-corrected chi connectivity index (χ1v) is 7.96. The highest BCUT2D eigenvalue weighted by Gasteiger charge is 2.10. The van der Waals surface area contributed by atoms with E-state index < -0.39 is 0 Å². The maximum Gasteiger partial charge on any atom is -0.00768 e. The molecule has 1 aliphatic rings. The predicted octanol–water partition coefficient (Wildman–Crippen LogP) is 6.47. The Labute approximate surface area is 124 Å². The zero-order chi connectivity index (χ0) is 15.1. The van der Waals surface area contributed by atoms with Gasteiger partial charge in [-0.1, -0.05) is 64.1 Å². The zero-order valence-electron chi connectivity index (χ0n) is 13.9. The van der Waals surface area contributed by atoms with Gasteiger partial charge in [-0.05, 0) is 59.7 Å². The Morgan fingerprint density at radius 1 is 0.800 bits per heavy atom. The van der Waals surface area contributed by atoms with E-state index in [9.17, 15) is 0 Å². The van der Waals surface area contributed by atoms with Gasteiger partial charge in [0, 0.05) is 0 Å². The maximum atomic E-state index is 2.30. The Bertz CT molecular complexity index is 589. The number of fused-ring (bicyclic) bond motifs is 3. The maximum absolute atomic E-state index is 2.30. The van der Waals surface area contributed by atoms with Gasteiger partial charge in [-0.15, -0.1) is 0 Å². The van der Waals surface area contributed by atoms with Crippen molar-refractivity contribution in [1.29, 1.82) is 0 Å². The van der Waals surface area contributed by atoms with Crippen molar-refractivity contribution in [3.63, 3.8) is 0 Å². The highest BCUT2D eigenvalue weighted by Crippen LogP contribution is 2.31. The largest absolute Gasteiger partial charge is 0.0836 e. The Morgan fingerprint density at radius 3 is 2.15 bits per heavy atom. The topological polar surface area (TPSA) is 0 Å². The average molecular weight is 268 g/mol. The van der Waals surface area contributed by atoms with Crippen molar-refractivity contribution >= 4 is 16.8 Å². The monoisotopic (exact) mass is 268 g/mol. The molecule has 0 saturated heterocycles. The highest BCUT2D eigenvalue weighted by atomic mass is 14.1. The van der Waals surface area contributed by atoms with E-state index in [0.29, 0.717) is 0 Å². The second kappa shape index (κ2) is 7.89. The van der Waals surface area contributed by atoms with Gasteiger partial charge in [-0.2, -0.15) is 0 Å². The fourth-order valence-electron chi connectivity index (χ4n) is 2.69. The van der Waals surface area contributed by atoms with Gasteiger partial charge in [0.05, 0.1) is 0 Å². The molecule has 0 unspecified atom stereocenters. The molecular formula is C20H28. The van der Waals surface area contributed by atoms with Gasteiger partial charge in [0.25, 0.3) is 0 Å². The summed E-state index contributed by atoms with van der Waals surface area (Å²) in [4.78, 5) is 0. The summed E-state index contributed by atoms with van der Waals surface area (Å²) in [5, 5.41) is 2.86. The first-order valence-electron chi connectivity index (χ1n) is 7.96. The van der Waals surface area contributed by atoms with Crippen molar-refractivity contribution in [2.45, 2.75) is 54.4 Å². The van der Waals surface area contributed by atoms with E-state index in [2.05, 4.69) is 50.3 Å². The van der Waals surface area contributed by atoms with Gasteiger partial charge < -0.3 is 0 Å². The molecular weight excluding hydrogens is 240 g/mol. The average Bonchev–Trinajstić information content (AvgIpc) is 2.54. The van der Waals surface area contributed by atoms with Crippen molar-refractivity contribution in [3.05, 3.63) is 52.6 Å². The lowest BCUT2D eigenvalue weighted by Crippen LogP contribution is -1.97. The van der Waals surface area contributed by atoms with Crippen molar-refractivity contribution in [1.82, 2.24) is 0 Å². The van der Waals surface area contributed by atoms with Crippen molar-refractivity contribution < 1.29 is 0 Å². The number of rotatable bonds is 0. The molecule has 0 spiro atoms. The van der Waals surface area contributed by atoms with Gasteiger partial charge in [0.1, 0.15) is 0 Å². The van der Waals surface area contributed by atoms with Gasteiger partial charge in [0.15, 0.2) is 0 Å². The zero-order valence-corrected chi connectivity index (χ0v) is 13.9. The third-order valence-electron chi connectivity index (χ3n) is 3.60. The number of aryl methyl sites for hydroxylation is 3. The van der Waals surface area contributed by atoms with Crippen LogP contribution >= 0.6 is 0 Å². The van der Waals surface area contributed by atoms with Crippen LogP contribution in [0.4, 0.5) is 0 Å². The van der Waals surface area contributed by atoms with Gasteiger partial charge in [0.2, 0.25) is 0 Å². The number of hydrogen-bond acceptors (Lipinski definition) is 0. The standard InChI is InChI=1S/C16H16.2C2H6/c1-11-7-8-12(2)16-14(11)10-9-13-5-3-4-6-15(13)16;2*1-2/h4,6-10H,3,5H2,1-2H3;2*1-2H3. The molecule has 1 aliphatic carbocycles. The molecule has 0 radical (unpaired) electrons. The molecule has 0 fully saturated rings. The van der Waals surface area contributed by atoms with Crippen LogP contribution < -0.4 is 0 Å². The van der Waals surface area contributed by atoms with Crippen LogP contribution in [0.1, 0.15) is 56.4 Å². The van der Waals surface area contributed by atoms with Crippen molar-refractivity contribution in [2.75, 3.05) is 0 Å². The second-order valence-corrected chi connectivity index (χ2v) is 4.70. The summed E-state index contributed by atoms with van der Waals surface area (Å²) < 4.78 is 0. The summed E-state index contributed by atoms with van der Waals surface area (Å²) in [6.45, 7) is 12.4. The third-order valence-corrected chi connectivity index (χ3v) is 3.60. The summed E-state index contributed by atoms with van der Waals surface area (Å²) in [6, 6.07) is 9.04. The molecule has 20 heavy (non-hydrogen) atoms. The Balaban J connectivity index is 0.000000461. The van der Waals surface area contributed by atoms with Crippen LogP contribution in [0.5, 0.6) is 0 Å². The predicted molar refractivity (Wildman–Crippen MR) is 93.5 cm³/mol. The van der Waals surface area contributed by atoms with E-state index in [1.165, 1.54) is 45.9 Å². The molecule has 0 bridgehead atoms. The summed E-state index contributed by atoms with van der Waals surface area (Å²) in [7, 11) is 0. The van der Waals surface area contributed by atoms with Crippen LogP contribution in [0.25, 0.3) is 16.8 Å². The minimum Gasteiger partial charge on any atom is -0.0836 e. The second-order valence-electron chi connectivity index (χ2n) is 4.70. The molecule has 2 aromatic rings. The lowest BCUT2D eigenvalue weighted by atomic mass is 9.89. The van der Waals surface area contributed by atoms with E-state index in [-0.39, 0.29) is 0 Å². The van der Waals surface area contributed by atoms with Crippen LogP contribution in [-0.2, 0) is 6.42 Å². The van der Waals surface area contributed by atoms with Crippen LogP contribution in [-0.4, -0.2) is 0 Å². The van der Waals surface area contributed by atoms with E-state index in [1.807, 2.05) is 27.7 Å². The van der Waals surface area contributed by atoms with Crippen molar-refractivity contribution in [3.8, 4) is 0 Å². The van der Waals surface area contributed by atoms with E-state index in [4.69, 9.17) is 0 Å². The molecule has 3 rings (SSSR count). The van der Waals surface area contributed by atoms with Crippen LogP contribution in [0, 0.1) is 13.8 Å². The number of benzene rings is 2. The lowest BCUT2D eigenvalue weighted by Gasteiger charge is -2.16. The van der Waals surface area contributed by atoms with E-state index in [1.54, 1.807) is 0 Å². The molecule has 0 aromatic heterocycles. The molecule has 0 heteroatoms. The van der Waals surface area contributed by atoms with E-state index in [0.717, 1.165) is 0 Å². The fraction of sp³-hybridized carbons (Fsp3) is 0.400. The van der Waals surface area contributed by atoms with Gasteiger partial charge in [-0.25, -0.2) is 0 Å². The van der Waals surface area contributed by atoms with Gasteiger partial charge in [-0.3, -0.25) is 0 Å². The highest BCUT2D eigenvalue weighted by molar-refractivity contribution is 5.96. The normalized spacial score (nSPS) is 11.9. The summed E-state index contributed by atoms with van der Waals surface area (Å²) >= 11 is 0. The van der Waals surface area contributed by atoms with Crippen LogP contribution in [0.15, 0.2) is 30.3 Å². The van der Waals surface area contributed by atoms with Crippen molar-refractivity contribution in [2.24, 2.45) is 0 Å². The molecule has 0 saturated carbocycles. The first kappa shape index (κ1) is 16.5. The Kier molecular flexibility index (Phi) is 6.51. The third kappa shape index (κ3) is 3.12. The molecule has 0 aliphatic heterocycles. The fourth-order valence-corrected chi connectivity index (χ4v) is 2.69. The van der Waals surface area contributed by atoms with E-state index >= 15 is 0 Å². The molecule has 0 nitrogen and oxygen atoms in total. The minimum atomic E-state index is 1.18. The molecule has 2 aromatic carbocycles. The first-order chi connectivity index (χ1) is 9.77. The Morgan fingerprint density at radius 2 is 1.45 bits per heavy atom. The Hall–Kier alpha value is -1.56. The molecule has 108 valence electrons. The number of hydrogen-bond donors (Lipinski definition) is 0. The summed E-state index contributed by atoms with van der Waals surface area (Å²) in [6.07, 6.45) is 6.97. The minimum absolute atomic E-state index is 1.18. The lowest BCUT2D eigenvalue weighted by molar-refractivity contribution is 0.989. The number of allylic oxidation sites excluding steroid dienone is 1. The summed E-state index contributed by atoms with van der Waals surface area (Å²) in [5.41, 5.74) is 5.72. The van der Waals surface area contributed by atoms with Crippen LogP contribution in [0.3, 0.4) is 0 Å². The summed E-state index contributed by atoms with van der Waals surface area (Å²) in [5.74, 6) is 0. The molecule has 0 N–H and O–H groups in total.